The Labute approximate surface area is 815 Å². The predicted molar refractivity (Wildman–Crippen MR) is 531 cm³/mol. The van der Waals surface area contributed by atoms with E-state index >= 15 is 0 Å². The Hall–Kier alpha value is -10.6. The molecule has 19 nitrogen and oxygen atoms in total. The fourth-order valence-electron chi connectivity index (χ4n) is 12.1. The van der Waals surface area contributed by atoms with E-state index in [2.05, 4.69) is 162 Å². The number of carbonyl (C=O) groups is 3. The molecule has 11 aromatic rings. The maximum absolute atomic E-state index is 13.7. The summed E-state index contributed by atoms with van der Waals surface area (Å²) in [5.74, 6) is -18.5. The van der Waals surface area contributed by atoms with Gasteiger partial charge in [0.1, 0.15) is 38.4 Å². The zero-order chi connectivity index (χ0) is 96.5. The largest absolute Gasteiger partial charge is 0.744 e. The van der Waals surface area contributed by atoms with Crippen LogP contribution in [0.5, 0.6) is 23.0 Å². The number of hydrogen-bond donors (Lipinski definition) is 3. The van der Waals surface area contributed by atoms with Gasteiger partial charge < -0.3 is 47.6 Å². The molecule has 3 N–H and O–H groups in total. The second-order valence-corrected chi connectivity index (χ2v) is 40.1. The Morgan fingerprint density at radius 3 is 1.33 bits per heavy atom. The molecule has 1 aromatic heterocycles. The van der Waals surface area contributed by atoms with Gasteiger partial charge in [-0.3, -0.25) is 14.4 Å². The number of aryl methyl sites for hydroxylation is 1. The van der Waals surface area contributed by atoms with Crippen molar-refractivity contribution in [2.45, 2.75) is 248 Å². The first-order valence-electron chi connectivity index (χ1n) is 41.2. The number of hydrogen-bond acceptors (Lipinski definition) is 19. The number of phenolic OH excluding ortho intramolecular Hbond substituents is 2. The molecule has 1 aliphatic rings. The summed E-state index contributed by atoms with van der Waals surface area (Å²) < 4.78 is 248. The summed E-state index contributed by atoms with van der Waals surface area (Å²) in [6.07, 6.45) is 6.82. The predicted octanol–water partition coefficient (Wildman–Crippen LogP) is 28.0. The highest BCUT2D eigenvalue weighted by atomic mass is 32.2. The molecule has 0 fully saturated rings. The Bertz CT molecular complexity index is 5810. The van der Waals surface area contributed by atoms with Crippen LogP contribution in [-0.4, -0.2) is 110 Å². The van der Waals surface area contributed by atoms with Gasteiger partial charge in [-0.2, -0.15) is 43.5 Å². The first-order valence-corrected chi connectivity index (χ1v) is 47.9. The van der Waals surface area contributed by atoms with Crippen LogP contribution in [0, 0.1) is 39.5 Å². The van der Waals surface area contributed by atoms with Gasteiger partial charge in [0.25, 0.3) is 0 Å². The van der Waals surface area contributed by atoms with Gasteiger partial charge >= 0.3 is 44.5 Å². The van der Waals surface area contributed by atoms with Crippen LogP contribution in [-0.2, 0) is 89.1 Å². The third-order valence-electron chi connectivity index (χ3n) is 21.4. The number of alkyl halides is 6. The summed E-state index contributed by atoms with van der Waals surface area (Å²) in [5, 5.41) is 16.5. The number of aliphatic hydroxyl groups is 1. The van der Waals surface area contributed by atoms with Crippen LogP contribution in [0.3, 0.4) is 0 Å². The number of carbonyl (C=O) groups excluding carboxylic acids is 3. The number of benzene rings is 10. The van der Waals surface area contributed by atoms with Crippen LogP contribution in [0.25, 0.3) is 25.1 Å². The SMILES string of the molecule is C.C.C.C.C.C.C.C.CCC(C)(C)C(=O)OC1CCCc2ccccc21.CCC(C)(C)C(=O)OCCCOc1c(F)c(F)c(S(=O)(=O)[O-])c(F)c1F.CCC(C)(C)C(=O)OCCc1ccc(OS(=O)(=O)C(F)(F)C(F)(F)C(F)(F)S(=O)(=O)[O-])cc1.CCC(C)c1ccc(O)cc1.OCCc1ccc(-[s+]2c3ccccc3c3ccccc32)cc1.Oc1ccc([S+](c2ccccc2)c2ccccc2)cc1. The summed E-state index contributed by atoms with van der Waals surface area (Å²) in [6, 6.07) is 73.9. The lowest BCUT2D eigenvalue weighted by molar-refractivity contribution is -0.247. The summed E-state index contributed by atoms with van der Waals surface area (Å²) in [5.41, 5.74) is 3.54. The molecule has 1 aliphatic carbocycles. The summed E-state index contributed by atoms with van der Waals surface area (Å²) in [6.45, 7) is 19.9. The van der Waals surface area contributed by atoms with Crippen molar-refractivity contribution in [1.29, 1.82) is 0 Å². The number of fused-ring (bicyclic) bond motifs is 4. The molecule has 0 saturated carbocycles. The number of rotatable bonds is 30. The number of phenols is 2. The third kappa shape index (κ3) is 33.3. The van der Waals surface area contributed by atoms with E-state index in [-0.39, 0.29) is 131 Å². The molecular formula is C104H136F10O19S5. The Kier molecular flexibility index (Phi) is 53.1. The number of aliphatic hydroxyl groups excluding tert-OH is 1. The van der Waals surface area contributed by atoms with Gasteiger partial charge in [-0.05, 0) is 236 Å². The number of esters is 3. The highest BCUT2D eigenvalue weighted by molar-refractivity contribution is 7.97. The van der Waals surface area contributed by atoms with Gasteiger partial charge in [-0.15, -0.1) is 0 Å². The van der Waals surface area contributed by atoms with Gasteiger partial charge in [0.2, 0.25) is 11.6 Å². The standard InChI is InChI=1S/C20H17OS.C18H14OS.C17H20F6O8S2.C16H22O2.C15H18F4O6S.C10H14O.8CH4/c21-14-13-15-9-11-16(12-10-15)22-19-7-3-1-5-17(19)18-6-2-4-8-20(18)22;19-15-11-13-18(14-12-15)20(16-7-3-1-4-8-16)17-9-5-2-6-10-17;1-4-14(2,3)13(24)30-10-9-11-5-7-12(8-6-11)31-33(28,29)17(22,23)15(18,19)16(20,21)32(25,26)27;1-4-16(2,3)15(17)18-14-11-7-9-12-8-5-6-10-13(12)14;1-4-15(2,3)14(20)25-7-5-6-24-12-8(16)10(18)13(26(21,22)23)11(19)9(12)17;1-3-8(2)9-4-6-10(11)7-5-9;;;;;;;;/h1-12,21H,13-14H2;1-14H;5-8H,4,9-10H2,1-3H3,(H,25,26,27);5-6,8,10,14H,4,7,9,11H2,1-3H3;4-7H2,1-3H3,(H,21,22,23);4-8,11H,3H2,1-2H3;8*1H4/q+1;;;;;;;;;;;;;/p-1. The van der Waals surface area contributed by atoms with E-state index in [0.29, 0.717) is 48.0 Å². The average molecular weight is 2040 g/mol. The minimum Gasteiger partial charge on any atom is -0.744 e. The Morgan fingerprint density at radius 2 is 0.891 bits per heavy atom. The lowest BCUT2D eigenvalue weighted by atomic mass is 9.88. The highest BCUT2D eigenvalue weighted by Gasteiger charge is 2.81. The van der Waals surface area contributed by atoms with E-state index < -0.39 is 116 Å². The van der Waals surface area contributed by atoms with Crippen LogP contribution >= 0.6 is 10.5 Å². The molecule has 0 aliphatic heterocycles. The van der Waals surface area contributed by atoms with Gasteiger partial charge in [0.05, 0.1) is 47.0 Å². The highest BCUT2D eigenvalue weighted by Crippen LogP contribution is 2.52. The van der Waals surface area contributed by atoms with E-state index in [4.69, 9.17) is 24.4 Å². The minimum absolute atomic E-state index is 0. The third-order valence-corrected chi connectivity index (χ3v) is 29.0. The van der Waals surface area contributed by atoms with Crippen molar-refractivity contribution < 1.29 is 131 Å². The summed E-state index contributed by atoms with van der Waals surface area (Å²) in [7, 11) is -20.2. The monoisotopic (exact) mass is 2040 g/mol. The van der Waals surface area contributed by atoms with Crippen molar-refractivity contribution in [2.24, 2.45) is 16.2 Å². The number of thiophene rings is 1. The molecule has 10 aromatic carbocycles. The van der Waals surface area contributed by atoms with Gasteiger partial charge in [-0.25, -0.2) is 25.6 Å². The molecule has 0 radical (unpaired) electrons. The molecule has 12 rings (SSSR count). The van der Waals surface area contributed by atoms with Crippen LogP contribution in [0.4, 0.5) is 43.9 Å². The first kappa shape index (κ1) is 129. The first-order chi connectivity index (χ1) is 61.0. The molecule has 2 unspecified atom stereocenters. The van der Waals surface area contributed by atoms with Crippen LogP contribution in [0.15, 0.2) is 250 Å². The normalized spacial score (nSPS) is 12.5. The Morgan fingerprint density at radius 1 is 0.486 bits per heavy atom. The lowest BCUT2D eigenvalue weighted by Crippen LogP contribution is -2.61. The molecule has 0 amide bonds. The topological polar surface area (TPSA) is 307 Å². The van der Waals surface area contributed by atoms with Crippen LogP contribution in [0.2, 0.25) is 0 Å². The second kappa shape index (κ2) is 56.6. The van der Waals surface area contributed by atoms with E-state index in [9.17, 15) is 97.8 Å². The van der Waals surface area contributed by atoms with E-state index in [1.54, 1.807) is 65.8 Å². The minimum atomic E-state index is -7.38. The van der Waals surface area contributed by atoms with Crippen LogP contribution in [0.1, 0.15) is 220 Å². The molecule has 34 heteroatoms. The van der Waals surface area contributed by atoms with Crippen molar-refractivity contribution >= 4 is 89.8 Å². The molecule has 0 saturated heterocycles. The zero-order valence-electron chi connectivity index (χ0n) is 73.2. The maximum Gasteiger partial charge on any atom is 0.450 e. The van der Waals surface area contributed by atoms with E-state index in [1.807, 2.05) is 63.2 Å². The van der Waals surface area contributed by atoms with Crippen molar-refractivity contribution in [3.05, 3.63) is 282 Å². The van der Waals surface area contributed by atoms with Gasteiger partial charge in [0, 0.05) is 40.7 Å². The van der Waals surface area contributed by atoms with Crippen molar-refractivity contribution in [3.8, 4) is 27.9 Å². The number of ether oxygens (including phenoxy) is 4. The molecule has 2 atom stereocenters. The molecule has 766 valence electrons. The van der Waals surface area contributed by atoms with Crippen molar-refractivity contribution in [3.63, 3.8) is 0 Å². The van der Waals surface area contributed by atoms with Gasteiger partial charge in [0.15, 0.2) is 56.5 Å². The molecular weight excluding hydrogens is 1900 g/mol. The Balaban J connectivity index is 0. The summed E-state index contributed by atoms with van der Waals surface area (Å²) in [4.78, 5) is 38.6. The molecule has 0 bridgehead atoms. The molecule has 1 heterocycles. The number of halogens is 10. The van der Waals surface area contributed by atoms with E-state index in [1.165, 1.54) is 62.0 Å². The average Bonchev–Trinajstić information content (AvgIpc) is 0.961. The fraction of sp³-hybridized carbons (Fsp3) is 0.394. The van der Waals surface area contributed by atoms with Crippen molar-refractivity contribution in [1.82, 2.24) is 0 Å². The van der Waals surface area contributed by atoms with Crippen molar-refractivity contribution in [2.75, 3.05) is 26.4 Å². The summed E-state index contributed by atoms with van der Waals surface area (Å²) >= 11 is 0. The van der Waals surface area contributed by atoms with E-state index in [0.717, 1.165) is 50.7 Å². The quantitative estimate of drug-likeness (QED) is 0.00550. The smallest absolute Gasteiger partial charge is 0.450 e. The number of aromatic hydroxyl groups is 2. The van der Waals surface area contributed by atoms with Gasteiger partial charge in [-0.1, -0.05) is 215 Å². The zero-order valence-corrected chi connectivity index (χ0v) is 77.3. The molecule has 138 heavy (non-hydrogen) atoms. The maximum atomic E-state index is 13.7. The fourth-order valence-corrected chi connectivity index (χ4v) is 18.6. The molecule has 0 spiro atoms. The second-order valence-electron chi connectivity index (χ2n) is 31.8. The van der Waals surface area contributed by atoms with Crippen LogP contribution < -0.4 is 8.92 Å². The lowest BCUT2D eigenvalue weighted by Gasteiger charge is -2.32.